The molecule has 0 fully saturated rings. The minimum atomic E-state index is -3.56. The van der Waals surface area contributed by atoms with Crippen molar-refractivity contribution in [3.8, 4) is 0 Å². The quantitative estimate of drug-likeness (QED) is 0.857. The molecule has 84 valence electrons. The summed E-state index contributed by atoms with van der Waals surface area (Å²) in [7, 11) is -3.56. The van der Waals surface area contributed by atoms with Gasteiger partial charge in [-0.05, 0) is 28.1 Å². The predicted molar refractivity (Wildman–Crippen MR) is 59.5 cm³/mol. The molecule has 0 saturated carbocycles. The fraction of sp³-hybridized carbons (Fsp3) is 0.286. The largest absolute Gasteiger partial charge is 0.481 e. The monoisotopic (exact) mass is 313 g/mol. The SMILES string of the molecule is O=C(O)CCNS(=O)(=O)c1ccc(Br)s1. The third-order valence-electron chi connectivity index (χ3n) is 1.44. The van der Waals surface area contributed by atoms with Crippen LogP contribution in [-0.2, 0) is 14.8 Å². The second-order valence-electron chi connectivity index (χ2n) is 2.60. The molecular weight excluding hydrogens is 306 g/mol. The van der Waals surface area contributed by atoms with Crippen LogP contribution in [0.15, 0.2) is 20.1 Å². The lowest BCUT2D eigenvalue weighted by Gasteiger charge is -2.01. The van der Waals surface area contributed by atoms with Crippen molar-refractivity contribution in [3.05, 3.63) is 15.9 Å². The highest BCUT2D eigenvalue weighted by atomic mass is 79.9. The van der Waals surface area contributed by atoms with E-state index in [9.17, 15) is 13.2 Å². The Kier molecular flexibility index (Phi) is 4.26. The van der Waals surface area contributed by atoms with Crippen LogP contribution in [0.25, 0.3) is 0 Å². The van der Waals surface area contributed by atoms with Gasteiger partial charge in [0, 0.05) is 6.54 Å². The van der Waals surface area contributed by atoms with Gasteiger partial charge in [-0.15, -0.1) is 11.3 Å². The Bertz CT molecular complexity index is 453. The number of hydrogen-bond acceptors (Lipinski definition) is 4. The van der Waals surface area contributed by atoms with Crippen LogP contribution >= 0.6 is 27.3 Å². The van der Waals surface area contributed by atoms with E-state index in [0.29, 0.717) is 3.79 Å². The van der Waals surface area contributed by atoms with Gasteiger partial charge in [0.05, 0.1) is 10.2 Å². The fourth-order valence-corrected chi connectivity index (χ4v) is 3.89. The van der Waals surface area contributed by atoms with E-state index in [0.717, 1.165) is 11.3 Å². The summed E-state index contributed by atoms with van der Waals surface area (Å²) in [6.07, 6.45) is -0.230. The van der Waals surface area contributed by atoms with Gasteiger partial charge in [0.15, 0.2) is 0 Å². The molecule has 0 unspecified atom stereocenters. The second-order valence-corrected chi connectivity index (χ2v) is 7.06. The number of sulfonamides is 1. The number of halogens is 1. The minimum Gasteiger partial charge on any atom is -0.481 e. The van der Waals surface area contributed by atoms with Crippen LogP contribution in [0.5, 0.6) is 0 Å². The molecule has 1 aromatic rings. The van der Waals surface area contributed by atoms with Crippen molar-refractivity contribution in [1.82, 2.24) is 4.72 Å². The maximum Gasteiger partial charge on any atom is 0.304 e. The number of carboxylic acid groups (broad SMARTS) is 1. The summed E-state index contributed by atoms with van der Waals surface area (Å²) in [6.45, 7) is -0.104. The molecule has 0 radical (unpaired) electrons. The number of carboxylic acids is 1. The number of carbonyl (C=O) groups is 1. The summed E-state index contributed by atoms with van der Waals surface area (Å²) in [4.78, 5) is 10.2. The van der Waals surface area contributed by atoms with E-state index >= 15 is 0 Å². The highest BCUT2D eigenvalue weighted by molar-refractivity contribution is 9.11. The summed E-state index contributed by atoms with van der Waals surface area (Å²) < 4.78 is 26.1. The minimum absolute atomic E-state index is 0.104. The van der Waals surface area contributed by atoms with Crippen LogP contribution in [0.4, 0.5) is 0 Å². The molecule has 0 aliphatic rings. The van der Waals surface area contributed by atoms with Gasteiger partial charge in [0.25, 0.3) is 0 Å². The van der Waals surface area contributed by atoms with E-state index in [4.69, 9.17) is 5.11 Å². The van der Waals surface area contributed by atoms with E-state index in [2.05, 4.69) is 20.7 Å². The first kappa shape index (κ1) is 12.6. The Balaban J connectivity index is 2.64. The van der Waals surface area contributed by atoms with E-state index in [-0.39, 0.29) is 17.2 Å². The van der Waals surface area contributed by atoms with E-state index in [1.807, 2.05) is 0 Å². The Hall–Kier alpha value is -0.440. The number of hydrogen-bond donors (Lipinski definition) is 2. The predicted octanol–water partition coefficient (Wildman–Crippen LogP) is 1.26. The van der Waals surface area contributed by atoms with Crippen molar-refractivity contribution >= 4 is 43.3 Å². The Morgan fingerprint density at radius 2 is 2.20 bits per heavy atom. The number of thiophene rings is 1. The van der Waals surface area contributed by atoms with Crippen molar-refractivity contribution in [3.63, 3.8) is 0 Å². The zero-order chi connectivity index (χ0) is 11.5. The lowest BCUT2D eigenvalue weighted by molar-refractivity contribution is -0.136. The Morgan fingerprint density at radius 1 is 1.53 bits per heavy atom. The molecular formula is C7H8BrNO4S2. The van der Waals surface area contributed by atoms with Gasteiger partial charge in [-0.1, -0.05) is 0 Å². The lowest BCUT2D eigenvalue weighted by Crippen LogP contribution is -2.25. The molecule has 1 aromatic heterocycles. The zero-order valence-electron chi connectivity index (χ0n) is 7.44. The normalized spacial score (nSPS) is 11.5. The average molecular weight is 314 g/mol. The van der Waals surface area contributed by atoms with E-state index in [1.54, 1.807) is 6.07 Å². The van der Waals surface area contributed by atoms with Crippen LogP contribution in [0.2, 0.25) is 0 Å². The van der Waals surface area contributed by atoms with E-state index in [1.165, 1.54) is 6.07 Å². The fourth-order valence-electron chi connectivity index (χ4n) is 0.806. The first-order valence-corrected chi connectivity index (χ1v) is 6.98. The maximum atomic E-state index is 11.5. The molecule has 0 aliphatic carbocycles. The molecule has 0 bridgehead atoms. The summed E-state index contributed by atoms with van der Waals surface area (Å²) in [5, 5.41) is 8.35. The molecule has 0 aliphatic heterocycles. The summed E-state index contributed by atoms with van der Waals surface area (Å²) >= 11 is 4.22. The van der Waals surface area contributed by atoms with Crippen molar-refractivity contribution in [2.24, 2.45) is 0 Å². The van der Waals surface area contributed by atoms with Gasteiger partial charge >= 0.3 is 5.97 Å². The zero-order valence-corrected chi connectivity index (χ0v) is 10.7. The molecule has 0 atom stereocenters. The number of nitrogens with one attached hydrogen (secondary N) is 1. The molecule has 0 amide bonds. The highest BCUT2D eigenvalue weighted by Gasteiger charge is 2.15. The van der Waals surface area contributed by atoms with Gasteiger partial charge in [-0.25, -0.2) is 13.1 Å². The van der Waals surface area contributed by atoms with Gasteiger partial charge in [-0.3, -0.25) is 4.79 Å². The third kappa shape index (κ3) is 3.90. The third-order valence-corrected chi connectivity index (χ3v) is 5.02. The summed E-state index contributed by atoms with van der Waals surface area (Å²) in [6, 6.07) is 3.08. The first-order chi connectivity index (χ1) is 6.92. The summed E-state index contributed by atoms with van der Waals surface area (Å²) in [5.74, 6) is -1.04. The topological polar surface area (TPSA) is 83.5 Å². The Morgan fingerprint density at radius 3 is 2.67 bits per heavy atom. The average Bonchev–Trinajstić information content (AvgIpc) is 2.51. The summed E-state index contributed by atoms with van der Waals surface area (Å²) in [5.41, 5.74) is 0. The highest BCUT2D eigenvalue weighted by Crippen LogP contribution is 2.25. The van der Waals surface area contributed by atoms with Crippen LogP contribution < -0.4 is 4.72 Å². The molecule has 2 N–H and O–H groups in total. The molecule has 0 spiro atoms. The van der Waals surface area contributed by atoms with E-state index < -0.39 is 16.0 Å². The number of rotatable bonds is 5. The van der Waals surface area contributed by atoms with Gasteiger partial charge < -0.3 is 5.11 Å². The van der Waals surface area contributed by atoms with Crippen LogP contribution in [0, 0.1) is 0 Å². The van der Waals surface area contributed by atoms with Gasteiger partial charge in [-0.2, -0.15) is 0 Å². The van der Waals surface area contributed by atoms with Crippen LogP contribution in [-0.4, -0.2) is 26.0 Å². The molecule has 1 heterocycles. The van der Waals surface area contributed by atoms with Gasteiger partial charge in [0.2, 0.25) is 10.0 Å². The maximum absolute atomic E-state index is 11.5. The van der Waals surface area contributed by atoms with Crippen molar-refractivity contribution < 1.29 is 18.3 Å². The second kappa shape index (κ2) is 5.06. The van der Waals surface area contributed by atoms with Crippen LogP contribution in [0.1, 0.15) is 6.42 Å². The molecule has 5 nitrogen and oxygen atoms in total. The Labute approximate surface area is 99.3 Å². The van der Waals surface area contributed by atoms with Crippen molar-refractivity contribution in [1.29, 1.82) is 0 Å². The number of aliphatic carboxylic acids is 1. The van der Waals surface area contributed by atoms with Gasteiger partial charge in [0.1, 0.15) is 4.21 Å². The molecule has 0 saturated heterocycles. The van der Waals surface area contributed by atoms with Crippen molar-refractivity contribution in [2.75, 3.05) is 6.54 Å². The van der Waals surface area contributed by atoms with Crippen molar-refractivity contribution in [2.45, 2.75) is 10.6 Å². The lowest BCUT2D eigenvalue weighted by atomic mass is 10.5. The molecule has 8 heteroatoms. The standard InChI is InChI=1S/C7H8BrNO4S2/c8-5-1-2-7(14-5)15(12,13)9-4-3-6(10)11/h1-2,9H,3-4H2,(H,10,11). The molecule has 0 aromatic carbocycles. The molecule has 15 heavy (non-hydrogen) atoms. The smallest absolute Gasteiger partial charge is 0.304 e. The molecule has 1 rings (SSSR count). The first-order valence-electron chi connectivity index (χ1n) is 3.88. The van der Waals surface area contributed by atoms with Crippen LogP contribution in [0.3, 0.4) is 0 Å².